The Morgan fingerprint density at radius 3 is 2.71 bits per heavy atom. The van der Waals surface area contributed by atoms with Gasteiger partial charge in [-0.1, -0.05) is 24.3 Å². The number of amides is 1. The molecule has 0 radical (unpaired) electrons. The summed E-state index contributed by atoms with van der Waals surface area (Å²) in [5.74, 6) is -0.00776. The summed E-state index contributed by atoms with van der Waals surface area (Å²) < 4.78 is 2.01. The standard InChI is InChI=1S/C20H23N3O/c1-14-8-6-11-17-15(2)19(23(3)18(14)17)20(24)22-13-7-10-16-9-4-5-12-21-16/h4-6,8-9,11-12H,7,10,13H2,1-3H3,(H,22,24). The van der Waals surface area contributed by atoms with E-state index in [0.717, 1.165) is 40.7 Å². The summed E-state index contributed by atoms with van der Waals surface area (Å²) in [6, 6.07) is 12.1. The van der Waals surface area contributed by atoms with Crippen LogP contribution in [0.2, 0.25) is 0 Å². The van der Waals surface area contributed by atoms with Gasteiger partial charge < -0.3 is 9.88 Å². The molecule has 2 heterocycles. The molecule has 124 valence electrons. The molecular formula is C20H23N3O. The Morgan fingerprint density at radius 2 is 2.00 bits per heavy atom. The molecular weight excluding hydrogens is 298 g/mol. The molecule has 0 aliphatic carbocycles. The minimum Gasteiger partial charge on any atom is -0.351 e. The van der Waals surface area contributed by atoms with E-state index in [1.807, 2.05) is 42.8 Å². The van der Waals surface area contributed by atoms with Gasteiger partial charge in [0.05, 0.1) is 5.52 Å². The molecule has 1 aromatic carbocycles. The lowest BCUT2D eigenvalue weighted by Crippen LogP contribution is -2.27. The highest BCUT2D eigenvalue weighted by molar-refractivity contribution is 6.02. The number of aromatic nitrogens is 2. The fourth-order valence-corrected chi connectivity index (χ4v) is 3.32. The quantitative estimate of drug-likeness (QED) is 0.731. The van der Waals surface area contributed by atoms with Crippen molar-refractivity contribution in [2.24, 2.45) is 7.05 Å². The van der Waals surface area contributed by atoms with Gasteiger partial charge in [-0.2, -0.15) is 0 Å². The number of fused-ring (bicyclic) bond motifs is 1. The Hall–Kier alpha value is -2.62. The smallest absolute Gasteiger partial charge is 0.268 e. The first kappa shape index (κ1) is 16.2. The number of hydrogen-bond donors (Lipinski definition) is 1. The van der Waals surface area contributed by atoms with Crippen LogP contribution in [0, 0.1) is 13.8 Å². The molecule has 0 saturated carbocycles. The number of carbonyl (C=O) groups excluding carboxylic acids is 1. The molecule has 2 aromatic heterocycles. The minimum atomic E-state index is -0.00776. The van der Waals surface area contributed by atoms with Crippen LogP contribution >= 0.6 is 0 Å². The number of nitrogens with one attached hydrogen (secondary N) is 1. The summed E-state index contributed by atoms with van der Waals surface area (Å²) in [5.41, 5.74) is 5.17. The molecule has 4 nitrogen and oxygen atoms in total. The van der Waals surface area contributed by atoms with E-state index in [9.17, 15) is 4.79 Å². The first-order chi connectivity index (χ1) is 11.6. The van der Waals surface area contributed by atoms with Crippen molar-refractivity contribution in [3.05, 3.63) is 65.1 Å². The topological polar surface area (TPSA) is 46.9 Å². The summed E-state index contributed by atoms with van der Waals surface area (Å²) >= 11 is 0. The van der Waals surface area contributed by atoms with Crippen LogP contribution in [0.1, 0.15) is 33.7 Å². The van der Waals surface area contributed by atoms with Crippen LogP contribution in [0.3, 0.4) is 0 Å². The molecule has 24 heavy (non-hydrogen) atoms. The third kappa shape index (κ3) is 3.04. The van der Waals surface area contributed by atoms with Gasteiger partial charge in [0.25, 0.3) is 5.91 Å². The van der Waals surface area contributed by atoms with Crippen molar-refractivity contribution in [1.82, 2.24) is 14.9 Å². The molecule has 0 saturated heterocycles. The summed E-state index contributed by atoms with van der Waals surface area (Å²) in [6.07, 6.45) is 3.55. The predicted molar refractivity (Wildman–Crippen MR) is 97.3 cm³/mol. The lowest BCUT2D eigenvalue weighted by atomic mass is 10.1. The van der Waals surface area contributed by atoms with Crippen molar-refractivity contribution >= 4 is 16.8 Å². The van der Waals surface area contributed by atoms with E-state index in [-0.39, 0.29) is 5.91 Å². The lowest BCUT2D eigenvalue weighted by molar-refractivity contribution is 0.0945. The first-order valence-corrected chi connectivity index (χ1v) is 8.32. The molecule has 0 fully saturated rings. The number of aryl methyl sites for hydroxylation is 4. The highest BCUT2D eigenvalue weighted by atomic mass is 16.1. The average Bonchev–Trinajstić information content (AvgIpc) is 2.85. The molecule has 3 rings (SSSR count). The van der Waals surface area contributed by atoms with E-state index in [2.05, 4.69) is 29.4 Å². The third-order valence-corrected chi connectivity index (χ3v) is 4.50. The number of pyridine rings is 1. The Balaban J connectivity index is 1.69. The van der Waals surface area contributed by atoms with Crippen molar-refractivity contribution < 1.29 is 4.79 Å². The van der Waals surface area contributed by atoms with Gasteiger partial charge in [0.15, 0.2) is 0 Å². The number of nitrogens with zero attached hydrogens (tertiary/aromatic N) is 2. The Morgan fingerprint density at radius 1 is 1.17 bits per heavy atom. The second-order valence-corrected chi connectivity index (χ2v) is 6.18. The molecule has 0 spiro atoms. The van der Waals surface area contributed by atoms with Crippen LogP contribution in [0.4, 0.5) is 0 Å². The zero-order chi connectivity index (χ0) is 17.1. The molecule has 3 aromatic rings. The van der Waals surface area contributed by atoms with E-state index in [1.54, 1.807) is 6.20 Å². The van der Waals surface area contributed by atoms with Crippen molar-refractivity contribution in [2.45, 2.75) is 26.7 Å². The van der Waals surface area contributed by atoms with Crippen LogP contribution in [0.15, 0.2) is 42.6 Å². The predicted octanol–water partition coefficient (Wildman–Crippen LogP) is 3.55. The van der Waals surface area contributed by atoms with Crippen LogP contribution in [0.5, 0.6) is 0 Å². The highest BCUT2D eigenvalue weighted by Crippen LogP contribution is 2.27. The van der Waals surface area contributed by atoms with E-state index in [0.29, 0.717) is 6.54 Å². The fourth-order valence-electron chi connectivity index (χ4n) is 3.32. The van der Waals surface area contributed by atoms with Crippen molar-refractivity contribution in [1.29, 1.82) is 0 Å². The van der Waals surface area contributed by atoms with Gasteiger partial charge in [-0.25, -0.2) is 0 Å². The van der Waals surface area contributed by atoms with Crippen molar-refractivity contribution in [3.63, 3.8) is 0 Å². The van der Waals surface area contributed by atoms with Gasteiger partial charge in [-0.05, 0) is 49.9 Å². The minimum absolute atomic E-state index is 0.00776. The third-order valence-electron chi connectivity index (χ3n) is 4.50. The number of carbonyl (C=O) groups is 1. The summed E-state index contributed by atoms with van der Waals surface area (Å²) in [7, 11) is 1.96. The molecule has 1 amide bonds. The summed E-state index contributed by atoms with van der Waals surface area (Å²) in [4.78, 5) is 16.9. The van der Waals surface area contributed by atoms with Gasteiger partial charge in [0.2, 0.25) is 0 Å². The zero-order valence-corrected chi connectivity index (χ0v) is 14.5. The number of benzene rings is 1. The monoisotopic (exact) mass is 321 g/mol. The maximum Gasteiger partial charge on any atom is 0.268 e. The second kappa shape index (κ2) is 6.87. The molecule has 0 aliphatic heterocycles. The van der Waals surface area contributed by atoms with Gasteiger partial charge >= 0.3 is 0 Å². The Kier molecular flexibility index (Phi) is 4.65. The van der Waals surface area contributed by atoms with E-state index in [4.69, 9.17) is 0 Å². The van der Waals surface area contributed by atoms with E-state index in [1.165, 1.54) is 5.56 Å². The SMILES string of the molecule is Cc1c(C(=O)NCCCc2ccccn2)n(C)c2c(C)cccc12. The largest absolute Gasteiger partial charge is 0.351 e. The zero-order valence-electron chi connectivity index (χ0n) is 14.5. The molecule has 0 bridgehead atoms. The lowest BCUT2D eigenvalue weighted by Gasteiger charge is -2.08. The number of para-hydroxylation sites is 1. The van der Waals surface area contributed by atoms with Crippen LogP contribution < -0.4 is 5.32 Å². The van der Waals surface area contributed by atoms with Crippen LogP contribution in [-0.2, 0) is 13.5 Å². The van der Waals surface area contributed by atoms with E-state index < -0.39 is 0 Å². The highest BCUT2D eigenvalue weighted by Gasteiger charge is 2.18. The average molecular weight is 321 g/mol. The maximum absolute atomic E-state index is 12.6. The Bertz CT molecular complexity index is 865. The van der Waals surface area contributed by atoms with Crippen LogP contribution in [0.25, 0.3) is 10.9 Å². The first-order valence-electron chi connectivity index (χ1n) is 8.32. The molecule has 0 unspecified atom stereocenters. The number of hydrogen-bond acceptors (Lipinski definition) is 2. The van der Waals surface area contributed by atoms with Crippen molar-refractivity contribution in [3.8, 4) is 0 Å². The molecule has 4 heteroatoms. The van der Waals surface area contributed by atoms with Crippen LogP contribution in [-0.4, -0.2) is 22.0 Å². The second-order valence-electron chi connectivity index (χ2n) is 6.18. The fraction of sp³-hybridized carbons (Fsp3) is 0.300. The van der Waals surface area contributed by atoms with Gasteiger partial charge in [0.1, 0.15) is 5.69 Å². The summed E-state index contributed by atoms with van der Waals surface area (Å²) in [6.45, 7) is 4.75. The number of rotatable bonds is 5. The molecule has 0 atom stereocenters. The van der Waals surface area contributed by atoms with Gasteiger partial charge in [-0.3, -0.25) is 9.78 Å². The van der Waals surface area contributed by atoms with E-state index >= 15 is 0 Å². The van der Waals surface area contributed by atoms with Gasteiger partial charge in [0, 0.05) is 30.9 Å². The maximum atomic E-state index is 12.6. The molecule has 1 N–H and O–H groups in total. The van der Waals surface area contributed by atoms with Gasteiger partial charge in [-0.15, -0.1) is 0 Å². The van der Waals surface area contributed by atoms with Crippen molar-refractivity contribution in [2.75, 3.05) is 6.54 Å². The molecule has 0 aliphatic rings. The summed E-state index contributed by atoms with van der Waals surface area (Å²) in [5, 5.41) is 4.19. The Labute approximate surface area is 142 Å². The normalized spacial score (nSPS) is 11.0.